The van der Waals surface area contributed by atoms with Crippen LogP contribution in [-0.4, -0.2) is 60.8 Å². The Hall–Kier alpha value is -2.48. The molecule has 0 bridgehead atoms. The molecule has 2 aromatic rings. The Morgan fingerprint density at radius 1 is 1.16 bits per heavy atom. The van der Waals surface area contributed by atoms with E-state index in [4.69, 9.17) is 23.5 Å². The van der Waals surface area contributed by atoms with Gasteiger partial charge in [-0.15, -0.1) is 0 Å². The van der Waals surface area contributed by atoms with E-state index < -0.39 is 5.60 Å². The predicted molar refractivity (Wildman–Crippen MR) is 119 cm³/mol. The van der Waals surface area contributed by atoms with E-state index in [1.165, 1.54) is 0 Å². The molecule has 2 atom stereocenters. The number of nitrogens with zero attached hydrogens (tertiary/aromatic N) is 2. The van der Waals surface area contributed by atoms with Gasteiger partial charge in [-0.25, -0.2) is 4.79 Å². The highest BCUT2D eigenvalue weighted by atomic mass is 16.6. The van der Waals surface area contributed by atoms with Crippen molar-refractivity contribution in [1.82, 2.24) is 10.1 Å². The molecule has 1 saturated carbocycles. The molecule has 176 valence electrons. The van der Waals surface area contributed by atoms with Gasteiger partial charge in [0.05, 0.1) is 12.7 Å². The first-order valence-electron chi connectivity index (χ1n) is 11.5. The maximum absolute atomic E-state index is 12.3. The topological polar surface area (TPSA) is 83.3 Å². The van der Waals surface area contributed by atoms with Gasteiger partial charge in [0.1, 0.15) is 22.8 Å². The summed E-state index contributed by atoms with van der Waals surface area (Å²) in [7, 11) is 1.73. The van der Waals surface area contributed by atoms with E-state index in [0.717, 1.165) is 37.5 Å². The number of hydrogen-bond acceptors (Lipinski definition) is 7. The average molecular weight is 447 g/mol. The smallest absolute Gasteiger partial charge is 0.410 e. The van der Waals surface area contributed by atoms with E-state index >= 15 is 0 Å². The molecule has 8 heteroatoms. The van der Waals surface area contributed by atoms with Gasteiger partial charge in [0, 0.05) is 20.2 Å². The van der Waals surface area contributed by atoms with Crippen molar-refractivity contribution in [2.45, 2.75) is 70.7 Å². The summed E-state index contributed by atoms with van der Waals surface area (Å²) in [4.78, 5) is 14.0. The highest BCUT2D eigenvalue weighted by Gasteiger charge is 2.31. The molecule has 1 saturated heterocycles. The molecule has 2 heterocycles. The molecule has 2 fully saturated rings. The third kappa shape index (κ3) is 5.28. The predicted octanol–water partition coefficient (Wildman–Crippen LogP) is 4.80. The highest BCUT2D eigenvalue weighted by Crippen LogP contribution is 2.37. The van der Waals surface area contributed by atoms with Crippen LogP contribution in [0.25, 0.3) is 11.0 Å². The molecule has 4 rings (SSSR count). The largest absolute Gasteiger partial charge is 0.487 e. The first kappa shape index (κ1) is 22.7. The molecule has 1 aromatic carbocycles. The zero-order valence-electron chi connectivity index (χ0n) is 19.5. The van der Waals surface area contributed by atoms with Crippen LogP contribution < -0.4 is 9.47 Å². The second-order valence-corrected chi connectivity index (χ2v) is 9.70. The summed E-state index contributed by atoms with van der Waals surface area (Å²) in [5, 5.41) is 4.91. The number of aromatic nitrogens is 1. The number of fused-ring (bicyclic) bond motifs is 1. The number of piperidine rings is 1. The molecule has 2 aliphatic rings. The maximum Gasteiger partial charge on any atom is 0.410 e. The summed E-state index contributed by atoms with van der Waals surface area (Å²) < 4.78 is 28.9. The number of rotatable bonds is 6. The summed E-state index contributed by atoms with van der Waals surface area (Å²) >= 11 is 0. The van der Waals surface area contributed by atoms with E-state index in [1.54, 1.807) is 12.0 Å². The quantitative estimate of drug-likeness (QED) is 0.630. The Bertz CT molecular complexity index is 913. The number of benzene rings is 1. The summed E-state index contributed by atoms with van der Waals surface area (Å²) in [5.41, 5.74) is 0.163. The first-order valence-corrected chi connectivity index (χ1v) is 11.5. The SMILES string of the molecule is CO[C@H]1CCC[C@@H]1Oc1cccc2onc(OCC3CCN(C(=O)OC(C)(C)C)CC3)c12. The van der Waals surface area contributed by atoms with Gasteiger partial charge in [-0.3, -0.25) is 0 Å². The van der Waals surface area contributed by atoms with Gasteiger partial charge in [0.25, 0.3) is 5.88 Å². The molecular formula is C24H34N2O6. The zero-order valence-corrected chi connectivity index (χ0v) is 19.5. The molecule has 1 aliphatic carbocycles. The minimum absolute atomic E-state index is 0.0190. The van der Waals surface area contributed by atoms with Crippen molar-refractivity contribution in [2.75, 3.05) is 26.8 Å². The fourth-order valence-electron chi connectivity index (χ4n) is 4.40. The molecular weight excluding hydrogens is 412 g/mol. The van der Waals surface area contributed by atoms with Crippen molar-refractivity contribution in [3.8, 4) is 11.6 Å². The van der Waals surface area contributed by atoms with Crippen LogP contribution in [0.2, 0.25) is 0 Å². The monoisotopic (exact) mass is 446 g/mol. The normalized spacial score (nSPS) is 22.3. The third-order valence-electron chi connectivity index (χ3n) is 6.12. The fourth-order valence-corrected chi connectivity index (χ4v) is 4.40. The average Bonchev–Trinajstić information content (AvgIpc) is 3.38. The van der Waals surface area contributed by atoms with E-state index in [-0.39, 0.29) is 18.3 Å². The van der Waals surface area contributed by atoms with Gasteiger partial charge in [0.15, 0.2) is 5.58 Å². The van der Waals surface area contributed by atoms with Crippen LogP contribution in [0.15, 0.2) is 22.7 Å². The summed E-state index contributed by atoms with van der Waals surface area (Å²) in [6, 6.07) is 5.69. The standard InChI is InChI=1S/C24H34N2O6/c1-24(2,3)31-23(27)26-13-11-16(12-14-26)15-29-22-21-19(9-6-10-20(21)32-25-22)30-18-8-5-7-17(18)28-4/h6,9-10,16-18H,5,7-8,11-15H2,1-4H3/t17-,18-/m0/s1. The molecule has 8 nitrogen and oxygen atoms in total. The Balaban J connectivity index is 1.36. The number of likely N-dealkylation sites (tertiary alicyclic amines) is 1. The van der Waals surface area contributed by atoms with Crippen molar-refractivity contribution >= 4 is 17.1 Å². The van der Waals surface area contributed by atoms with Crippen LogP contribution in [0, 0.1) is 5.92 Å². The van der Waals surface area contributed by atoms with Crippen LogP contribution in [0.5, 0.6) is 11.6 Å². The Kier molecular flexibility index (Phi) is 6.79. The highest BCUT2D eigenvalue weighted by molar-refractivity contribution is 5.88. The number of methoxy groups -OCH3 is 1. The second kappa shape index (κ2) is 9.57. The number of hydrogen-bond donors (Lipinski definition) is 0. The van der Waals surface area contributed by atoms with E-state index in [2.05, 4.69) is 5.16 Å². The number of carbonyl (C=O) groups is 1. The lowest BCUT2D eigenvalue weighted by atomic mass is 9.98. The lowest BCUT2D eigenvalue weighted by Gasteiger charge is -2.33. The number of amides is 1. The van der Waals surface area contributed by atoms with E-state index in [1.807, 2.05) is 39.0 Å². The summed E-state index contributed by atoms with van der Waals surface area (Å²) in [6.07, 6.45) is 4.65. The zero-order chi connectivity index (χ0) is 22.7. The van der Waals surface area contributed by atoms with Crippen molar-refractivity contribution in [3.63, 3.8) is 0 Å². The van der Waals surface area contributed by atoms with Gasteiger partial charge in [0.2, 0.25) is 0 Å². The van der Waals surface area contributed by atoms with E-state index in [9.17, 15) is 4.79 Å². The van der Waals surface area contributed by atoms with E-state index in [0.29, 0.717) is 42.8 Å². The molecule has 0 N–H and O–H groups in total. The Labute approximate surface area is 189 Å². The second-order valence-electron chi connectivity index (χ2n) is 9.70. The molecule has 1 aliphatic heterocycles. The van der Waals surface area contributed by atoms with Crippen LogP contribution in [0.3, 0.4) is 0 Å². The molecule has 0 unspecified atom stereocenters. The molecule has 1 aromatic heterocycles. The van der Waals surface area contributed by atoms with Crippen molar-refractivity contribution < 1.29 is 28.3 Å². The van der Waals surface area contributed by atoms with Gasteiger partial charge >= 0.3 is 6.09 Å². The van der Waals surface area contributed by atoms with Gasteiger partial charge in [-0.2, -0.15) is 0 Å². The summed E-state index contributed by atoms with van der Waals surface area (Å²) in [5.74, 6) is 1.51. The van der Waals surface area contributed by atoms with Crippen molar-refractivity contribution in [3.05, 3.63) is 18.2 Å². The van der Waals surface area contributed by atoms with Crippen LogP contribution in [-0.2, 0) is 9.47 Å². The van der Waals surface area contributed by atoms with Crippen molar-refractivity contribution in [1.29, 1.82) is 0 Å². The maximum atomic E-state index is 12.3. The van der Waals surface area contributed by atoms with Crippen LogP contribution >= 0.6 is 0 Å². The molecule has 0 radical (unpaired) electrons. The van der Waals surface area contributed by atoms with Crippen LogP contribution in [0.1, 0.15) is 52.9 Å². The minimum Gasteiger partial charge on any atom is -0.487 e. The van der Waals surface area contributed by atoms with Gasteiger partial charge in [-0.1, -0.05) is 6.07 Å². The van der Waals surface area contributed by atoms with Crippen LogP contribution in [0.4, 0.5) is 4.79 Å². The molecule has 32 heavy (non-hydrogen) atoms. The Morgan fingerprint density at radius 3 is 2.62 bits per heavy atom. The van der Waals surface area contributed by atoms with Crippen molar-refractivity contribution in [2.24, 2.45) is 5.92 Å². The lowest BCUT2D eigenvalue weighted by molar-refractivity contribution is 0.0163. The first-order chi connectivity index (χ1) is 15.3. The molecule has 0 spiro atoms. The van der Waals surface area contributed by atoms with Gasteiger partial charge < -0.3 is 28.4 Å². The molecule has 1 amide bonds. The lowest BCUT2D eigenvalue weighted by Crippen LogP contribution is -2.42. The summed E-state index contributed by atoms with van der Waals surface area (Å²) in [6.45, 7) is 7.49. The number of carbonyl (C=O) groups excluding carboxylic acids is 1. The minimum atomic E-state index is -0.480. The van der Waals surface area contributed by atoms with Gasteiger partial charge in [-0.05, 0) is 76.1 Å². The number of ether oxygens (including phenoxy) is 4. The fraction of sp³-hybridized carbons (Fsp3) is 0.667. The Morgan fingerprint density at radius 2 is 1.91 bits per heavy atom. The third-order valence-corrected chi connectivity index (χ3v) is 6.12.